The summed E-state index contributed by atoms with van der Waals surface area (Å²) in [6.45, 7) is 5.64. The molecular formula is C15H21Br2NO2S. The maximum Gasteiger partial charge on any atom is 0.244 e. The Bertz CT molecular complexity index is 602. The fourth-order valence-corrected chi connectivity index (χ4v) is 5.88. The van der Waals surface area contributed by atoms with Crippen LogP contribution in [0.4, 0.5) is 0 Å². The summed E-state index contributed by atoms with van der Waals surface area (Å²) >= 11 is 6.71. The quantitative estimate of drug-likeness (QED) is 0.676. The van der Waals surface area contributed by atoms with Gasteiger partial charge < -0.3 is 0 Å². The van der Waals surface area contributed by atoms with Crippen LogP contribution < -0.4 is 0 Å². The van der Waals surface area contributed by atoms with Gasteiger partial charge in [-0.2, -0.15) is 4.31 Å². The van der Waals surface area contributed by atoms with E-state index in [1.54, 1.807) is 16.4 Å². The van der Waals surface area contributed by atoms with Crippen molar-refractivity contribution in [2.45, 2.75) is 44.4 Å². The number of nitrogens with zero attached hydrogens (tertiary/aromatic N) is 1. The van der Waals surface area contributed by atoms with Crippen molar-refractivity contribution in [3.05, 3.63) is 27.1 Å². The zero-order valence-electron chi connectivity index (χ0n) is 12.4. The number of benzene rings is 1. The van der Waals surface area contributed by atoms with Gasteiger partial charge in [-0.15, -0.1) is 0 Å². The minimum Gasteiger partial charge on any atom is -0.207 e. The van der Waals surface area contributed by atoms with Crippen LogP contribution in [-0.2, 0) is 10.0 Å². The number of rotatable bonds is 4. The Morgan fingerprint density at radius 1 is 1.14 bits per heavy atom. The van der Waals surface area contributed by atoms with E-state index >= 15 is 0 Å². The number of halogens is 2. The van der Waals surface area contributed by atoms with Gasteiger partial charge in [0.1, 0.15) is 0 Å². The van der Waals surface area contributed by atoms with Crippen LogP contribution in [0, 0.1) is 5.41 Å². The molecule has 0 saturated carbocycles. The summed E-state index contributed by atoms with van der Waals surface area (Å²) in [5.41, 5.74) is 0.320. The molecule has 6 heteroatoms. The van der Waals surface area contributed by atoms with Crippen molar-refractivity contribution in [3.63, 3.8) is 0 Å². The van der Waals surface area contributed by atoms with Gasteiger partial charge in [0.15, 0.2) is 0 Å². The second kappa shape index (κ2) is 6.69. The molecule has 2 rings (SSSR count). The number of sulfonamides is 1. The van der Waals surface area contributed by atoms with E-state index < -0.39 is 10.0 Å². The van der Waals surface area contributed by atoms with Crippen molar-refractivity contribution in [1.29, 1.82) is 0 Å². The Labute approximate surface area is 144 Å². The number of piperidine rings is 1. The van der Waals surface area contributed by atoms with Crippen molar-refractivity contribution >= 4 is 41.9 Å². The van der Waals surface area contributed by atoms with E-state index in [2.05, 4.69) is 45.7 Å². The monoisotopic (exact) mass is 437 g/mol. The van der Waals surface area contributed by atoms with E-state index in [9.17, 15) is 8.42 Å². The van der Waals surface area contributed by atoms with Crippen molar-refractivity contribution in [2.75, 3.05) is 13.1 Å². The molecular weight excluding hydrogens is 418 g/mol. The summed E-state index contributed by atoms with van der Waals surface area (Å²) in [5, 5.41) is 0. The smallest absolute Gasteiger partial charge is 0.207 e. The maximum absolute atomic E-state index is 12.8. The molecule has 118 valence electrons. The van der Waals surface area contributed by atoms with Crippen molar-refractivity contribution in [2.24, 2.45) is 5.41 Å². The molecule has 0 N–H and O–H groups in total. The van der Waals surface area contributed by atoms with Gasteiger partial charge in [0, 0.05) is 22.0 Å². The van der Waals surface area contributed by atoms with Gasteiger partial charge in [-0.3, -0.25) is 0 Å². The van der Waals surface area contributed by atoms with Crippen LogP contribution in [0.25, 0.3) is 0 Å². The van der Waals surface area contributed by atoms with Gasteiger partial charge in [0.2, 0.25) is 10.0 Å². The first-order chi connectivity index (χ1) is 9.84. The molecule has 1 aliphatic heterocycles. The Hall–Kier alpha value is 0.0900. The molecule has 1 heterocycles. The van der Waals surface area contributed by atoms with Crippen LogP contribution in [-0.4, -0.2) is 25.8 Å². The van der Waals surface area contributed by atoms with Gasteiger partial charge in [0.25, 0.3) is 0 Å². The second-order valence-electron chi connectivity index (χ2n) is 5.69. The molecule has 0 aromatic heterocycles. The first kappa shape index (κ1) is 17.4. The predicted molar refractivity (Wildman–Crippen MR) is 92.8 cm³/mol. The molecule has 1 aliphatic rings. The van der Waals surface area contributed by atoms with Crippen LogP contribution >= 0.6 is 31.9 Å². The third-order valence-electron chi connectivity index (χ3n) is 4.79. The van der Waals surface area contributed by atoms with Gasteiger partial charge in [0.05, 0.1) is 4.90 Å². The third kappa shape index (κ3) is 3.54. The van der Waals surface area contributed by atoms with E-state index in [4.69, 9.17) is 0 Å². The van der Waals surface area contributed by atoms with Crippen LogP contribution in [0.3, 0.4) is 0 Å². The fourth-order valence-electron chi connectivity index (χ4n) is 2.97. The Morgan fingerprint density at radius 3 is 2.24 bits per heavy atom. The normalized spacial score (nSPS) is 19.6. The van der Waals surface area contributed by atoms with Crippen LogP contribution in [0.15, 0.2) is 32.0 Å². The number of hydrogen-bond donors (Lipinski definition) is 0. The summed E-state index contributed by atoms with van der Waals surface area (Å²) in [4.78, 5) is 0.345. The van der Waals surface area contributed by atoms with Crippen LogP contribution in [0.2, 0.25) is 0 Å². The zero-order valence-corrected chi connectivity index (χ0v) is 16.4. The average molecular weight is 439 g/mol. The highest BCUT2D eigenvalue weighted by Crippen LogP contribution is 2.40. The van der Waals surface area contributed by atoms with Crippen LogP contribution in [0.5, 0.6) is 0 Å². The van der Waals surface area contributed by atoms with Crippen LogP contribution in [0.1, 0.15) is 39.5 Å². The molecule has 1 aromatic carbocycles. The SMILES string of the molecule is CCC1(CC)CCN(S(=O)(=O)c2cc(Br)ccc2Br)CC1. The van der Waals surface area contributed by atoms with E-state index in [0.29, 0.717) is 27.9 Å². The third-order valence-corrected chi connectivity index (χ3v) is 8.18. The van der Waals surface area contributed by atoms with Gasteiger partial charge in [-0.1, -0.05) is 42.6 Å². The molecule has 0 aliphatic carbocycles. The molecule has 1 saturated heterocycles. The lowest BCUT2D eigenvalue weighted by atomic mass is 9.75. The molecule has 0 unspecified atom stereocenters. The topological polar surface area (TPSA) is 37.4 Å². The van der Waals surface area contributed by atoms with Gasteiger partial charge in [-0.25, -0.2) is 8.42 Å². The van der Waals surface area contributed by atoms with E-state index in [0.717, 1.165) is 30.2 Å². The van der Waals surface area contributed by atoms with Gasteiger partial charge >= 0.3 is 0 Å². The summed E-state index contributed by atoms with van der Waals surface area (Å²) in [6.07, 6.45) is 4.14. The molecule has 3 nitrogen and oxygen atoms in total. The largest absolute Gasteiger partial charge is 0.244 e. The highest BCUT2D eigenvalue weighted by molar-refractivity contribution is 9.11. The molecule has 1 aromatic rings. The van der Waals surface area contributed by atoms with E-state index in [-0.39, 0.29) is 0 Å². The van der Waals surface area contributed by atoms with Gasteiger partial charge in [-0.05, 0) is 52.4 Å². The summed E-state index contributed by atoms with van der Waals surface area (Å²) < 4.78 is 28.7. The lowest BCUT2D eigenvalue weighted by Crippen LogP contribution is -2.42. The number of hydrogen-bond acceptors (Lipinski definition) is 2. The fraction of sp³-hybridized carbons (Fsp3) is 0.600. The molecule has 0 atom stereocenters. The summed E-state index contributed by atoms with van der Waals surface area (Å²) in [5.74, 6) is 0. The minimum absolute atomic E-state index is 0.320. The molecule has 0 amide bonds. The van der Waals surface area contributed by atoms with Crippen molar-refractivity contribution in [1.82, 2.24) is 4.31 Å². The van der Waals surface area contributed by atoms with E-state index in [1.807, 2.05) is 6.07 Å². The lowest BCUT2D eigenvalue weighted by Gasteiger charge is -2.40. The predicted octanol–water partition coefficient (Wildman–Crippen LogP) is 4.80. The molecule has 21 heavy (non-hydrogen) atoms. The highest BCUT2D eigenvalue weighted by atomic mass is 79.9. The van der Waals surface area contributed by atoms with Crippen molar-refractivity contribution < 1.29 is 8.42 Å². The maximum atomic E-state index is 12.8. The highest BCUT2D eigenvalue weighted by Gasteiger charge is 2.36. The standard InChI is InChI=1S/C15H21Br2NO2S/c1-3-15(4-2)7-9-18(10-8-15)21(19,20)14-11-12(16)5-6-13(14)17/h5-6,11H,3-4,7-10H2,1-2H3. The Morgan fingerprint density at radius 2 is 1.71 bits per heavy atom. The molecule has 0 radical (unpaired) electrons. The molecule has 0 spiro atoms. The first-order valence-electron chi connectivity index (χ1n) is 7.30. The Balaban J connectivity index is 2.24. The molecule has 0 bridgehead atoms. The summed E-state index contributed by atoms with van der Waals surface area (Å²) in [6, 6.07) is 5.27. The first-order valence-corrected chi connectivity index (χ1v) is 10.3. The van der Waals surface area contributed by atoms with Crippen molar-refractivity contribution in [3.8, 4) is 0 Å². The Kier molecular flexibility index (Phi) is 5.55. The second-order valence-corrected chi connectivity index (χ2v) is 9.36. The zero-order chi connectivity index (χ0) is 15.7. The minimum atomic E-state index is -3.43. The van der Waals surface area contributed by atoms with E-state index in [1.165, 1.54) is 0 Å². The summed E-state index contributed by atoms with van der Waals surface area (Å²) in [7, 11) is -3.43. The lowest BCUT2D eigenvalue weighted by molar-refractivity contribution is 0.141. The molecule has 1 fully saturated rings. The average Bonchev–Trinajstić information content (AvgIpc) is 2.49.